The van der Waals surface area contributed by atoms with E-state index in [1.165, 1.54) is 25.4 Å². The monoisotopic (exact) mass is 317 g/mol. The first kappa shape index (κ1) is 16.1. The molecule has 1 aromatic heterocycles. The van der Waals surface area contributed by atoms with Gasteiger partial charge in [-0.1, -0.05) is 0 Å². The molecule has 1 aliphatic heterocycles. The lowest BCUT2D eigenvalue weighted by molar-refractivity contribution is -0.115. The highest BCUT2D eigenvalue weighted by molar-refractivity contribution is 6.11. The molecule has 0 aromatic carbocycles. The predicted octanol–water partition coefficient (Wildman–Crippen LogP) is 0.747. The number of aromatic nitrogens is 1. The highest BCUT2D eigenvalue weighted by Gasteiger charge is 2.21. The number of pyridine rings is 1. The smallest absolute Gasteiger partial charge is 0.356 e. The van der Waals surface area contributed by atoms with Crippen LogP contribution in [0.3, 0.4) is 0 Å². The third kappa shape index (κ3) is 3.90. The Hall–Kier alpha value is -3.23. The van der Waals surface area contributed by atoms with Gasteiger partial charge in [0, 0.05) is 5.57 Å². The zero-order valence-corrected chi connectivity index (χ0v) is 12.3. The zero-order chi connectivity index (χ0) is 17.0. The average Bonchev–Trinajstić information content (AvgIpc) is 2.51. The SMILES string of the molecule is COC(=O)c1ccc(NC(=O)CC2=C(O)CC(N)=NC2=N)cn1. The molecule has 0 radical (unpaired) electrons. The molecule has 9 heteroatoms. The third-order valence-electron chi connectivity index (χ3n) is 3.02. The minimum atomic E-state index is -0.580. The number of carbonyl (C=O) groups is 2. The molecular formula is C14H15N5O4. The van der Waals surface area contributed by atoms with E-state index in [2.05, 4.69) is 20.0 Å². The van der Waals surface area contributed by atoms with Gasteiger partial charge in [0.2, 0.25) is 5.91 Å². The quantitative estimate of drug-likeness (QED) is 0.601. The van der Waals surface area contributed by atoms with Crippen molar-refractivity contribution >= 4 is 29.2 Å². The summed E-state index contributed by atoms with van der Waals surface area (Å²) in [5, 5.41) is 20.0. The summed E-state index contributed by atoms with van der Waals surface area (Å²) in [6.07, 6.45) is 1.10. The first-order valence-corrected chi connectivity index (χ1v) is 6.58. The van der Waals surface area contributed by atoms with Crippen LogP contribution in [0, 0.1) is 5.41 Å². The molecular weight excluding hydrogens is 302 g/mol. The normalized spacial score (nSPS) is 14.3. The van der Waals surface area contributed by atoms with Gasteiger partial charge in [0.05, 0.1) is 31.8 Å². The first-order chi connectivity index (χ1) is 10.9. The van der Waals surface area contributed by atoms with Crippen molar-refractivity contribution in [3.63, 3.8) is 0 Å². The molecule has 5 N–H and O–H groups in total. The lowest BCUT2D eigenvalue weighted by Gasteiger charge is -2.14. The van der Waals surface area contributed by atoms with Crippen molar-refractivity contribution in [1.29, 1.82) is 5.41 Å². The number of aliphatic imine (C=N–C) groups is 1. The van der Waals surface area contributed by atoms with Crippen molar-refractivity contribution in [1.82, 2.24) is 4.98 Å². The molecule has 0 fully saturated rings. The lowest BCUT2D eigenvalue weighted by atomic mass is 10.1. The Morgan fingerprint density at radius 2 is 2.22 bits per heavy atom. The standard InChI is InChI=1S/C14H15N5O4/c1-23-14(22)9-3-2-7(6-17-9)18-12(21)4-8-10(20)5-11(15)19-13(8)16/h2-3,6,20H,4-5H2,1H3,(H,18,21)(H3,15,16,19). The molecule has 0 spiro atoms. The van der Waals surface area contributed by atoms with Crippen molar-refractivity contribution < 1.29 is 19.4 Å². The molecule has 0 saturated heterocycles. The van der Waals surface area contributed by atoms with Gasteiger partial charge in [-0.2, -0.15) is 0 Å². The Balaban J connectivity index is 2.01. The van der Waals surface area contributed by atoms with Crippen LogP contribution in [0.2, 0.25) is 0 Å². The van der Waals surface area contributed by atoms with Crippen molar-refractivity contribution in [3.05, 3.63) is 35.4 Å². The van der Waals surface area contributed by atoms with Gasteiger partial charge in [-0.15, -0.1) is 0 Å². The highest BCUT2D eigenvalue weighted by atomic mass is 16.5. The minimum absolute atomic E-state index is 0.0143. The molecule has 9 nitrogen and oxygen atoms in total. The van der Waals surface area contributed by atoms with Gasteiger partial charge >= 0.3 is 5.97 Å². The van der Waals surface area contributed by atoms with Crippen LogP contribution in [0.1, 0.15) is 23.3 Å². The summed E-state index contributed by atoms with van der Waals surface area (Å²) in [4.78, 5) is 30.8. The number of dihydropyridines is 1. The molecule has 2 rings (SSSR count). The molecule has 1 aromatic rings. The van der Waals surface area contributed by atoms with Crippen LogP contribution in [-0.4, -0.2) is 40.7 Å². The zero-order valence-electron chi connectivity index (χ0n) is 12.3. The molecule has 2 heterocycles. The molecule has 0 atom stereocenters. The molecule has 23 heavy (non-hydrogen) atoms. The number of nitrogens with one attached hydrogen (secondary N) is 2. The molecule has 0 aliphatic carbocycles. The van der Waals surface area contributed by atoms with Crippen LogP contribution < -0.4 is 11.1 Å². The Morgan fingerprint density at radius 3 is 2.78 bits per heavy atom. The molecule has 120 valence electrons. The topological polar surface area (TPSA) is 151 Å². The maximum atomic E-state index is 12.0. The van der Waals surface area contributed by atoms with E-state index in [0.29, 0.717) is 5.69 Å². The number of ether oxygens (including phenoxy) is 1. The molecule has 0 bridgehead atoms. The van der Waals surface area contributed by atoms with Crippen LogP contribution in [0.5, 0.6) is 0 Å². The van der Waals surface area contributed by atoms with E-state index >= 15 is 0 Å². The highest BCUT2D eigenvalue weighted by Crippen LogP contribution is 2.18. The van der Waals surface area contributed by atoms with E-state index in [-0.39, 0.29) is 41.5 Å². The van der Waals surface area contributed by atoms with E-state index < -0.39 is 11.9 Å². The van der Waals surface area contributed by atoms with Gasteiger partial charge in [-0.05, 0) is 12.1 Å². The number of amidine groups is 2. The summed E-state index contributed by atoms with van der Waals surface area (Å²) in [5.41, 5.74) is 6.06. The molecule has 0 unspecified atom stereocenters. The van der Waals surface area contributed by atoms with Crippen molar-refractivity contribution in [2.45, 2.75) is 12.8 Å². The fraction of sp³-hybridized carbons (Fsp3) is 0.214. The second-order valence-corrected chi connectivity index (χ2v) is 4.70. The van der Waals surface area contributed by atoms with Crippen molar-refractivity contribution in [3.8, 4) is 0 Å². The second-order valence-electron chi connectivity index (χ2n) is 4.70. The van der Waals surface area contributed by atoms with Gasteiger partial charge in [0.1, 0.15) is 17.3 Å². The largest absolute Gasteiger partial charge is 0.511 e. The summed E-state index contributed by atoms with van der Waals surface area (Å²) in [5.74, 6) is -1.29. The summed E-state index contributed by atoms with van der Waals surface area (Å²) in [6.45, 7) is 0. The maximum Gasteiger partial charge on any atom is 0.356 e. The van der Waals surface area contributed by atoms with E-state index in [4.69, 9.17) is 11.1 Å². The summed E-state index contributed by atoms with van der Waals surface area (Å²) in [6, 6.07) is 2.90. The van der Waals surface area contributed by atoms with Crippen LogP contribution in [0.4, 0.5) is 5.69 Å². The number of nitrogens with zero attached hydrogens (tertiary/aromatic N) is 2. The number of aliphatic hydroxyl groups excluding tert-OH is 1. The van der Waals surface area contributed by atoms with Crippen LogP contribution in [0.15, 0.2) is 34.7 Å². The number of anilines is 1. The fourth-order valence-electron chi connectivity index (χ4n) is 1.91. The van der Waals surface area contributed by atoms with Crippen LogP contribution >= 0.6 is 0 Å². The number of methoxy groups -OCH3 is 1. The average molecular weight is 317 g/mol. The molecule has 1 amide bonds. The van der Waals surface area contributed by atoms with Gasteiger partial charge < -0.3 is 20.9 Å². The summed E-state index contributed by atoms with van der Waals surface area (Å²) >= 11 is 0. The first-order valence-electron chi connectivity index (χ1n) is 6.58. The van der Waals surface area contributed by atoms with E-state index in [1.54, 1.807) is 0 Å². The minimum Gasteiger partial charge on any atom is -0.511 e. The van der Waals surface area contributed by atoms with Crippen LogP contribution in [-0.2, 0) is 9.53 Å². The Morgan fingerprint density at radius 1 is 1.48 bits per heavy atom. The second kappa shape index (κ2) is 6.69. The van der Waals surface area contributed by atoms with Gasteiger partial charge in [0.15, 0.2) is 5.84 Å². The number of rotatable bonds is 4. The lowest BCUT2D eigenvalue weighted by Crippen LogP contribution is -2.24. The number of carbonyl (C=O) groups excluding carboxylic acids is 2. The van der Waals surface area contributed by atoms with E-state index in [1.807, 2.05) is 0 Å². The number of hydrogen-bond acceptors (Lipinski definition) is 7. The van der Waals surface area contributed by atoms with Crippen LogP contribution in [0.25, 0.3) is 0 Å². The van der Waals surface area contributed by atoms with E-state index in [9.17, 15) is 14.7 Å². The van der Waals surface area contributed by atoms with Gasteiger partial charge in [-0.3, -0.25) is 10.2 Å². The van der Waals surface area contributed by atoms with Crippen molar-refractivity contribution in [2.24, 2.45) is 10.7 Å². The number of hydrogen-bond donors (Lipinski definition) is 4. The number of nitrogens with two attached hydrogens (primary N) is 1. The number of aliphatic hydroxyl groups is 1. The van der Waals surface area contributed by atoms with E-state index in [0.717, 1.165) is 0 Å². The number of amides is 1. The van der Waals surface area contributed by atoms with Gasteiger partial charge in [-0.25, -0.2) is 14.8 Å². The number of esters is 1. The summed E-state index contributed by atoms with van der Waals surface area (Å²) in [7, 11) is 1.24. The Kier molecular flexibility index (Phi) is 4.69. The molecule has 1 aliphatic rings. The van der Waals surface area contributed by atoms with Crippen molar-refractivity contribution in [2.75, 3.05) is 12.4 Å². The Bertz CT molecular complexity index is 721. The maximum absolute atomic E-state index is 12.0. The Labute approximate surface area is 131 Å². The van der Waals surface area contributed by atoms with Gasteiger partial charge in [0.25, 0.3) is 0 Å². The summed E-state index contributed by atoms with van der Waals surface area (Å²) < 4.78 is 4.52. The molecule has 0 saturated carbocycles. The predicted molar refractivity (Wildman–Crippen MR) is 82.4 cm³/mol. The third-order valence-corrected chi connectivity index (χ3v) is 3.02. The fourth-order valence-corrected chi connectivity index (χ4v) is 1.91.